The molecular formula is C25H26Br2N4O. The molecule has 4 rings (SSSR count). The van der Waals surface area contributed by atoms with Crippen LogP contribution in [0.3, 0.4) is 0 Å². The largest absolute Gasteiger partial charge is 0.304 e. The molecule has 2 atom stereocenters. The molecule has 0 saturated carbocycles. The van der Waals surface area contributed by atoms with Crippen molar-refractivity contribution in [1.82, 2.24) is 15.7 Å². The number of rotatable bonds is 3. The Labute approximate surface area is 205 Å². The van der Waals surface area contributed by atoms with Crippen molar-refractivity contribution < 1.29 is 4.79 Å². The number of para-hydroxylation sites is 1. The highest BCUT2D eigenvalue weighted by Crippen LogP contribution is 2.35. The smallest absolute Gasteiger partial charge is 0.272 e. The minimum absolute atomic E-state index is 0.0539. The lowest BCUT2D eigenvalue weighted by molar-refractivity contribution is 0.0955. The van der Waals surface area contributed by atoms with Crippen LogP contribution < -0.4 is 10.7 Å². The van der Waals surface area contributed by atoms with Gasteiger partial charge in [-0.1, -0.05) is 80.4 Å². The predicted molar refractivity (Wildman–Crippen MR) is 139 cm³/mol. The molecule has 3 aromatic rings. The third-order valence-corrected chi connectivity index (χ3v) is 8.98. The van der Waals surface area contributed by atoms with Gasteiger partial charge in [-0.2, -0.15) is 5.10 Å². The van der Waals surface area contributed by atoms with Crippen LogP contribution in [0.15, 0.2) is 65.8 Å². The number of fused-ring (bicyclic) bond motifs is 1. The van der Waals surface area contributed by atoms with Crippen LogP contribution in [-0.4, -0.2) is 37.3 Å². The van der Waals surface area contributed by atoms with Gasteiger partial charge in [0.15, 0.2) is 0 Å². The van der Waals surface area contributed by atoms with E-state index in [1.165, 1.54) is 0 Å². The molecule has 0 unspecified atom stereocenters. The van der Waals surface area contributed by atoms with Gasteiger partial charge in [-0.3, -0.25) is 4.79 Å². The predicted octanol–water partition coefficient (Wildman–Crippen LogP) is 5.68. The van der Waals surface area contributed by atoms with Gasteiger partial charge in [-0.05, 0) is 39.8 Å². The fraction of sp³-hybridized carbons (Fsp3) is 0.320. The Morgan fingerprint density at radius 1 is 0.969 bits per heavy atom. The van der Waals surface area contributed by atoms with Gasteiger partial charge in [0.1, 0.15) is 0 Å². The van der Waals surface area contributed by atoms with E-state index in [0.29, 0.717) is 5.56 Å². The van der Waals surface area contributed by atoms with Crippen LogP contribution in [-0.2, 0) is 0 Å². The summed E-state index contributed by atoms with van der Waals surface area (Å²) in [5.74, 6) is -0.262. The number of hydrogen-bond donors (Lipinski definition) is 2. The molecule has 1 amide bonds. The number of amides is 1. The average molecular weight is 558 g/mol. The molecule has 1 aliphatic rings. The van der Waals surface area contributed by atoms with Gasteiger partial charge < -0.3 is 5.32 Å². The number of nitrogens with zero attached hydrogens (tertiary/aromatic N) is 2. The second kappa shape index (κ2) is 8.69. The summed E-state index contributed by atoms with van der Waals surface area (Å²) < 4.78 is 0. The molecule has 0 aliphatic carbocycles. The molecule has 1 saturated heterocycles. The topological polar surface area (TPSA) is 66.4 Å². The van der Waals surface area contributed by atoms with E-state index in [1.54, 1.807) is 0 Å². The van der Waals surface area contributed by atoms with Gasteiger partial charge in [0.05, 0.1) is 32.1 Å². The van der Waals surface area contributed by atoms with Crippen molar-refractivity contribution in [3.05, 3.63) is 66.2 Å². The maximum Gasteiger partial charge on any atom is 0.272 e. The Morgan fingerprint density at radius 3 is 2.22 bits per heavy atom. The summed E-state index contributed by atoms with van der Waals surface area (Å²) in [7, 11) is 0. The number of piperidine rings is 1. The lowest BCUT2D eigenvalue weighted by atomic mass is 9.81. The van der Waals surface area contributed by atoms with Crippen LogP contribution >= 0.6 is 31.9 Å². The summed E-state index contributed by atoms with van der Waals surface area (Å²) in [6.45, 7) is 8.47. The molecule has 32 heavy (non-hydrogen) atoms. The summed E-state index contributed by atoms with van der Waals surface area (Å²) in [5, 5.41) is 9.01. The fourth-order valence-electron chi connectivity index (χ4n) is 4.23. The lowest BCUT2D eigenvalue weighted by Crippen LogP contribution is -2.69. The Balaban J connectivity index is 1.73. The van der Waals surface area contributed by atoms with Gasteiger partial charge in [-0.15, -0.1) is 0 Å². The highest BCUT2D eigenvalue weighted by molar-refractivity contribution is 9.10. The van der Waals surface area contributed by atoms with Crippen molar-refractivity contribution in [2.45, 2.75) is 48.4 Å². The Bertz CT molecular complexity index is 1170. The van der Waals surface area contributed by atoms with Crippen LogP contribution in [0.4, 0.5) is 0 Å². The van der Waals surface area contributed by atoms with Gasteiger partial charge in [0.2, 0.25) is 0 Å². The van der Waals surface area contributed by atoms with Crippen LogP contribution in [0.1, 0.15) is 38.1 Å². The molecule has 7 heteroatoms. The molecule has 0 spiro atoms. The Morgan fingerprint density at radius 2 is 1.56 bits per heavy atom. The van der Waals surface area contributed by atoms with Crippen LogP contribution in [0.25, 0.3) is 22.2 Å². The minimum atomic E-state index is -0.262. The number of carbonyl (C=O) groups is 1. The molecule has 5 nitrogen and oxygen atoms in total. The summed E-state index contributed by atoms with van der Waals surface area (Å²) in [6.07, 6.45) is 0. The first kappa shape index (κ1) is 23.1. The zero-order valence-corrected chi connectivity index (χ0v) is 21.7. The second-order valence-electron chi connectivity index (χ2n) is 9.21. The lowest BCUT2D eigenvalue weighted by Gasteiger charge is -2.49. The van der Waals surface area contributed by atoms with Crippen molar-refractivity contribution in [2.24, 2.45) is 5.10 Å². The van der Waals surface area contributed by atoms with E-state index in [1.807, 2.05) is 60.7 Å². The minimum Gasteiger partial charge on any atom is -0.304 e. The van der Waals surface area contributed by atoms with Crippen LogP contribution in [0, 0.1) is 0 Å². The van der Waals surface area contributed by atoms with E-state index in [9.17, 15) is 4.79 Å². The van der Waals surface area contributed by atoms with E-state index in [0.717, 1.165) is 27.9 Å². The number of benzene rings is 2. The molecule has 0 bridgehead atoms. The van der Waals surface area contributed by atoms with Crippen molar-refractivity contribution >= 4 is 54.4 Å². The number of nitrogens with one attached hydrogen (secondary N) is 2. The molecule has 0 radical (unpaired) electrons. The highest BCUT2D eigenvalue weighted by Gasteiger charge is 2.48. The van der Waals surface area contributed by atoms with Crippen molar-refractivity contribution in [3.63, 3.8) is 0 Å². The van der Waals surface area contributed by atoms with Gasteiger partial charge in [0.25, 0.3) is 5.91 Å². The quantitative estimate of drug-likeness (QED) is 0.322. The van der Waals surface area contributed by atoms with E-state index in [2.05, 4.69) is 75.4 Å². The Kier molecular flexibility index (Phi) is 6.27. The number of carbonyl (C=O) groups excluding carboxylic acids is 1. The maximum atomic E-state index is 13.3. The molecular weight excluding hydrogens is 532 g/mol. The number of pyridine rings is 1. The fourth-order valence-corrected chi connectivity index (χ4v) is 5.55. The van der Waals surface area contributed by atoms with E-state index < -0.39 is 0 Å². The normalized spacial score (nSPS) is 21.9. The zero-order valence-electron chi connectivity index (χ0n) is 18.5. The van der Waals surface area contributed by atoms with E-state index in [-0.39, 0.29) is 26.6 Å². The number of hydrogen-bond acceptors (Lipinski definition) is 4. The van der Waals surface area contributed by atoms with Crippen molar-refractivity contribution in [3.8, 4) is 11.3 Å². The first-order valence-corrected chi connectivity index (χ1v) is 12.3. The molecule has 2 N–H and O–H groups in total. The van der Waals surface area contributed by atoms with Crippen molar-refractivity contribution in [1.29, 1.82) is 0 Å². The average Bonchev–Trinajstić information content (AvgIpc) is 2.77. The molecule has 1 aliphatic heterocycles. The first-order valence-electron chi connectivity index (χ1n) is 10.5. The molecule has 2 heterocycles. The Hall–Kier alpha value is -2.09. The summed E-state index contributed by atoms with van der Waals surface area (Å²) in [6, 6.07) is 19.4. The van der Waals surface area contributed by atoms with Crippen molar-refractivity contribution in [2.75, 3.05) is 0 Å². The summed E-state index contributed by atoms with van der Waals surface area (Å²) in [4.78, 5) is 18.0. The van der Waals surface area contributed by atoms with Crippen LogP contribution in [0.2, 0.25) is 0 Å². The molecule has 1 fully saturated rings. The van der Waals surface area contributed by atoms with E-state index >= 15 is 0 Å². The number of alkyl halides is 2. The second-order valence-corrected chi connectivity index (χ2v) is 11.0. The number of aromatic nitrogens is 1. The monoisotopic (exact) mass is 556 g/mol. The van der Waals surface area contributed by atoms with E-state index in [4.69, 9.17) is 4.98 Å². The van der Waals surface area contributed by atoms with Gasteiger partial charge >= 0.3 is 0 Å². The first-order chi connectivity index (χ1) is 15.1. The summed E-state index contributed by atoms with van der Waals surface area (Å²) >= 11 is 7.54. The highest BCUT2D eigenvalue weighted by atomic mass is 79.9. The summed E-state index contributed by atoms with van der Waals surface area (Å²) in [5.41, 5.74) is 6.21. The molecule has 1 aromatic heterocycles. The molecule has 2 aromatic carbocycles. The van der Waals surface area contributed by atoms with Crippen LogP contribution in [0.5, 0.6) is 0 Å². The third-order valence-electron chi connectivity index (χ3n) is 5.75. The third kappa shape index (κ3) is 4.38. The van der Waals surface area contributed by atoms with Gasteiger partial charge in [-0.25, -0.2) is 10.4 Å². The SMILES string of the molecule is CC1(C)NC(C)(C)[C@@H](Br)C(=NNC(=O)c2cc(-c3ccccc3)nc3ccccc23)[C@@H]1Br. The number of hydrazone groups is 1. The van der Waals surface area contributed by atoms with Gasteiger partial charge in [0, 0.05) is 22.0 Å². The molecule has 166 valence electrons. The maximum absolute atomic E-state index is 13.3. The zero-order chi connectivity index (χ0) is 23.1. The standard InChI is InChI=1S/C25H26Br2N4O/c1-24(2)21(26)20(22(27)25(3,4)31-24)29-30-23(32)17-14-19(15-10-6-5-7-11-15)28-18-13-9-8-12-16(17)18/h5-14,21-22,31H,1-4H3,(H,30,32)/t21-,22-/m0/s1. The number of halogens is 2.